The molecule has 2 saturated carbocycles. The van der Waals surface area contributed by atoms with Crippen LogP contribution in [0.25, 0.3) is 0 Å². The summed E-state index contributed by atoms with van der Waals surface area (Å²) in [6.07, 6.45) is 10.2. The molecule has 0 heterocycles. The SMILES string of the molecule is C[C@@H]1C[C@H]1C(=O)NC1CCCCCCC1. The molecular formula is C13H23NO. The number of amides is 1. The monoisotopic (exact) mass is 209 g/mol. The maximum Gasteiger partial charge on any atom is 0.223 e. The van der Waals surface area contributed by atoms with Crippen molar-refractivity contribution in [1.82, 2.24) is 5.32 Å². The van der Waals surface area contributed by atoms with Gasteiger partial charge in [-0.15, -0.1) is 0 Å². The fourth-order valence-corrected chi connectivity index (χ4v) is 2.60. The third kappa shape index (κ3) is 3.22. The molecule has 2 fully saturated rings. The Labute approximate surface area is 92.8 Å². The first-order valence-electron chi connectivity index (χ1n) is 6.58. The van der Waals surface area contributed by atoms with Gasteiger partial charge >= 0.3 is 0 Å². The predicted octanol–water partition coefficient (Wildman–Crippen LogP) is 2.87. The first-order valence-corrected chi connectivity index (χ1v) is 6.58. The fourth-order valence-electron chi connectivity index (χ4n) is 2.60. The van der Waals surface area contributed by atoms with Gasteiger partial charge in [-0.2, -0.15) is 0 Å². The maximum absolute atomic E-state index is 11.8. The average molecular weight is 209 g/mol. The molecule has 0 radical (unpaired) electrons. The van der Waals surface area contributed by atoms with Crippen molar-refractivity contribution in [2.24, 2.45) is 11.8 Å². The Bertz CT molecular complexity index is 219. The van der Waals surface area contributed by atoms with Gasteiger partial charge in [0.25, 0.3) is 0 Å². The summed E-state index contributed by atoms with van der Waals surface area (Å²) in [5.74, 6) is 1.31. The molecule has 0 aromatic carbocycles. The molecule has 2 heteroatoms. The van der Waals surface area contributed by atoms with Crippen LogP contribution in [0.1, 0.15) is 58.3 Å². The van der Waals surface area contributed by atoms with Crippen LogP contribution in [0.15, 0.2) is 0 Å². The highest BCUT2D eigenvalue weighted by molar-refractivity contribution is 5.81. The standard InChI is InChI=1S/C13H23NO/c1-10-9-12(10)13(15)14-11-7-5-3-2-4-6-8-11/h10-12H,2-9H2,1H3,(H,14,15)/t10-,12-/m1/s1. The highest BCUT2D eigenvalue weighted by Crippen LogP contribution is 2.37. The summed E-state index contributed by atoms with van der Waals surface area (Å²) >= 11 is 0. The van der Waals surface area contributed by atoms with Crippen molar-refractivity contribution in [3.63, 3.8) is 0 Å². The third-order valence-corrected chi connectivity index (χ3v) is 3.90. The molecule has 0 aliphatic heterocycles. The lowest BCUT2D eigenvalue weighted by Gasteiger charge is -2.21. The highest BCUT2D eigenvalue weighted by atomic mass is 16.2. The topological polar surface area (TPSA) is 29.1 Å². The van der Waals surface area contributed by atoms with E-state index in [2.05, 4.69) is 12.2 Å². The minimum absolute atomic E-state index is 0.327. The van der Waals surface area contributed by atoms with Gasteiger partial charge in [0.05, 0.1) is 0 Å². The zero-order valence-corrected chi connectivity index (χ0v) is 9.80. The van der Waals surface area contributed by atoms with E-state index < -0.39 is 0 Å². The summed E-state index contributed by atoms with van der Waals surface area (Å²) in [6.45, 7) is 2.17. The number of nitrogens with one attached hydrogen (secondary N) is 1. The van der Waals surface area contributed by atoms with Crippen molar-refractivity contribution in [2.75, 3.05) is 0 Å². The summed E-state index contributed by atoms with van der Waals surface area (Å²) < 4.78 is 0. The molecule has 15 heavy (non-hydrogen) atoms. The van der Waals surface area contributed by atoms with Crippen LogP contribution < -0.4 is 5.32 Å². The molecule has 0 unspecified atom stereocenters. The smallest absolute Gasteiger partial charge is 0.223 e. The lowest BCUT2D eigenvalue weighted by atomic mass is 9.96. The van der Waals surface area contributed by atoms with E-state index in [1.54, 1.807) is 0 Å². The van der Waals surface area contributed by atoms with Crippen molar-refractivity contribution in [3.05, 3.63) is 0 Å². The Morgan fingerprint density at radius 2 is 1.60 bits per heavy atom. The van der Waals surface area contributed by atoms with Crippen LogP contribution in [0.3, 0.4) is 0 Å². The summed E-state index contributed by atoms with van der Waals surface area (Å²) in [5, 5.41) is 3.24. The van der Waals surface area contributed by atoms with Gasteiger partial charge in [-0.25, -0.2) is 0 Å². The number of hydrogen-bond donors (Lipinski definition) is 1. The van der Waals surface area contributed by atoms with Crippen molar-refractivity contribution < 1.29 is 4.79 Å². The molecule has 0 aromatic rings. The van der Waals surface area contributed by atoms with Gasteiger partial charge in [-0.05, 0) is 25.2 Å². The third-order valence-electron chi connectivity index (χ3n) is 3.90. The van der Waals surface area contributed by atoms with Crippen LogP contribution in [0.2, 0.25) is 0 Å². The molecular weight excluding hydrogens is 186 g/mol. The van der Waals surface area contributed by atoms with Gasteiger partial charge in [-0.1, -0.05) is 39.0 Å². The zero-order valence-electron chi connectivity index (χ0n) is 9.80. The molecule has 0 saturated heterocycles. The van der Waals surface area contributed by atoms with Crippen molar-refractivity contribution in [3.8, 4) is 0 Å². The predicted molar refractivity (Wildman–Crippen MR) is 61.5 cm³/mol. The molecule has 2 atom stereocenters. The van der Waals surface area contributed by atoms with E-state index in [1.807, 2.05) is 0 Å². The van der Waals surface area contributed by atoms with E-state index in [0.29, 0.717) is 23.8 Å². The van der Waals surface area contributed by atoms with Crippen LogP contribution in [-0.4, -0.2) is 11.9 Å². The first-order chi connectivity index (χ1) is 7.27. The highest BCUT2D eigenvalue weighted by Gasteiger charge is 2.39. The lowest BCUT2D eigenvalue weighted by Crippen LogP contribution is -2.36. The second kappa shape index (κ2) is 5.00. The molecule has 0 aromatic heterocycles. The van der Waals surface area contributed by atoms with Crippen molar-refractivity contribution in [1.29, 1.82) is 0 Å². The van der Waals surface area contributed by atoms with Gasteiger partial charge in [-0.3, -0.25) is 4.79 Å². The largest absolute Gasteiger partial charge is 0.353 e. The number of rotatable bonds is 2. The van der Waals surface area contributed by atoms with Gasteiger partial charge in [0.2, 0.25) is 5.91 Å². The molecule has 86 valence electrons. The average Bonchev–Trinajstić information content (AvgIpc) is 2.87. The van der Waals surface area contributed by atoms with Crippen LogP contribution in [0.4, 0.5) is 0 Å². The molecule has 2 aliphatic carbocycles. The van der Waals surface area contributed by atoms with E-state index in [4.69, 9.17) is 0 Å². The van der Waals surface area contributed by atoms with Crippen LogP contribution in [-0.2, 0) is 4.79 Å². The maximum atomic E-state index is 11.8. The molecule has 0 bridgehead atoms. The van der Waals surface area contributed by atoms with Crippen LogP contribution >= 0.6 is 0 Å². The molecule has 1 amide bonds. The molecule has 2 rings (SSSR count). The van der Waals surface area contributed by atoms with E-state index in [9.17, 15) is 4.79 Å². The molecule has 2 nitrogen and oxygen atoms in total. The fraction of sp³-hybridized carbons (Fsp3) is 0.923. The van der Waals surface area contributed by atoms with Crippen molar-refractivity contribution >= 4 is 5.91 Å². The van der Waals surface area contributed by atoms with Gasteiger partial charge in [0.15, 0.2) is 0 Å². The van der Waals surface area contributed by atoms with Gasteiger partial charge in [0, 0.05) is 12.0 Å². The second-order valence-corrected chi connectivity index (χ2v) is 5.37. The molecule has 1 N–H and O–H groups in total. The Balaban J connectivity index is 1.74. The lowest BCUT2D eigenvalue weighted by molar-refractivity contribution is -0.123. The zero-order chi connectivity index (χ0) is 10.7. The van der Waals surface area contributed by atoms with E-state index >= 15 is 0 Å². The van der Waals surface area contributed by atoms with Gasteiger partial charge < -0.3 is 5.32 Å². The minimum Gasteiger partial charge on any atom is -0.353 e. The quantitative estimate of drug-likeness (QED) is 0.744. The van der Waals surface area contributed by atoms with E-state index in [-0.39, 0.29) is 0 Å². The Hall–Kier alpha value is -0.530. The van der Waals surface area contributed by atoms with E-state index in [1.165, 1.54) is 44.9 Å². The van der Waals surface area contributed by atoms with E-state index in [0.717, 1.165) is 6.42 Å². The number of carbonyl (C=O) groups excluding carboxylic acids is 1. The Morgan fingerprint density at radius 3 is 2.13 bits per heavy atom. The Kier molecular flexibility index (Phi) is 3.66. The second-order valence-electron chi connectivity index (χ2n) is 5.37. The van der Waals surface area contributed by atoms with Crippen molar-refractivity contribution in [2.45, 2.75) is 64.3 Å². The Morgan fingerprint density at radius 1 is 1.07 bits per heavy atom. The molecule has 0 spiro atoms. The number of carbonyl (C=O) groups is 1. The van der Waals surface area contributed by atoms with Crippen LogP contribution in [0, 0.1) is 11.8 Å². The summed E-state index contributed by atoms with van der Waals surface area (Å²) in [7, 11) is 0. The summed E-state index contributed by atoms with van der Waals surface area (Å²) in [4.78, 5) is 11.8. The molecule has 2 aliphatic rings. The summed E-state index contributed by atoms with van der Waals surface area (Å²) in [5.41, 5.74) is 0. The normalized spacial score (nSPS) is 32.9. The van der Waals surface area contributed by atoms with Gasteiger partial charge in [0.1, 0.15) is 0 Å². The summed E-state index contributed by atoms with van der Waals surface area (Å²) in [6, 6.07) is 0.477. The first kappa shape index (κ1) is 11.0. The minimum atomic E-state index is 0.327. The number of hydrogen-bond acceptors (Lipinski definition) is 1. The van der Waals surface area contributed by atoms with Crippen LogP contribution in [0.5, 0.6) is 0 Å².